The molecule has 8 heteroatoms. The van der Waals surface area contributed by atoms with Gasteiger partial charge in [0.2, 0.25) is 0 Å². The molecule has 0 spiro atoms. The number of aromatic nitrogens is 4. The third kappa shape index (κ3) is 3.64. The minimum absolute atomic E-state index is 0.141. The molecule has 2 fully saturated rings. The maximum atomic E-state index is 9.98. The molecule has 4 rings (SSSR count). The lowest BCUT2D eigenvalue weighted by Gasteiger charge is -2.33. The number of nitrogens with two attached hydrogens (primary N) is 1. The Morgan fingerprint density at radius 3 is 2.74 bits per heavy atom. The molecule has 0 aromatic carbocycles. The molecule has 2 saturated heterocycles. The van der Waals surface area contributed by atoms with Crippen LogP contribution in [0.3, 0.4) is 0 Å². The molecule has 0 saturated carbocycles. The number of piperidine rings is 1. The Kier molecular flexibility index (Phi) is 5.27. The minimum atomic E-state index is -0.337. The second-order valence-electron chi connectivity index (χ2n) is 7.50. The van der Waals surface area contributed by atoms with E-state index in [1.54, 1.807) is 6.33 Å². The van der Waals surface area contributed by atoms with E-state index in [0.717, 1.165) is 44.1 Å². The van der Waals surface area contributed by atoms with Gasteiger partial charge >= 0.3 is 0 Å². The number of aliphatic hydroxyl groups is 1. The number of hydrogen-bond acceptors (Lipinski definition) is 7. The smallest absolute Gasteiger partial charge is 0.134 e. The number of aliphatic hydroxyl groups excluding tert-OH is 1. The monoisotopic (exact) mass is 371 g/mol. The van der Waals surface area contributed by atoms with Crippen LogP contribution in [0.5, 0.6) is 0 Å². The molecule has 2 aromatic heterocycles. The summed E-state index contributed by atoms with van der Waals surface area (Å²) in [5.74, 6) is 2.37. The standard InChI is InChI=1S/C19H29N7O/c1-2-26-17(3-6-23-26)14-4-7-24(8-5-14)18-10-19(22-13-21-18)25-12-16(27)9-15(25)11-20/h3,6,10,13-16,27H,2,4-5,7-9,11-12,20H2,1H3/t15-,16-/m1/s1. The largest absolute Gasteiger partial charge is 0.391 e. The molecule has 4 heterocycles. The summed E-state index contributed by atoms with van der Waals surface area (Å²) in [6, 6.07) is 4.33. The molecule has 8 nitrogen and oxygen atoms in total. The van der Waals surface area contributed by atoms with E-state index >= 15 is 0 Å². The molecule has 2 aliphatic heterocycles. The maximum Gasteiger partial charge on any atom is 0.134 e. The minimum Gasteiger partial charge on any atom is -0.391 e. The van der Waals surface area contributed by atoms with Gasteiger partial charge in [-0.2, -0.15) is 5.10 Å². The van der Waals surface area contributed by atoms with Crippen LogP contribution < -0.4 is 15.5 Å². The lowest BCUT2D eigenvalue weighted by molar-refractivity contribution is 0.194. The molecule has 0 radical (unpaired) electrons. The molecule has 0 unspecified atom stereocenters. The Morgan fingerprint density at radius 2 is 2.00 bits per heavy atom. The van der Waals surface area contributed by atoms with Crippen molar-refractivity contribution in [1.29, 1.82) is 0 Å². The van der Waals surface area contributed by atoms with E-state index in [0.29, 0.717) is 25.4 Å². The fraction of sp³-hybridized carbons (Fsp3) is 0.632. The second-order valence-corrected chi connectivity index (χ2v) is 7.50. The summed E-state index contributed by atoms with van der Waals surface area (Å²) in [7, 11) is 0. The predicted molar refractivity (Wildman–Crippen MR) is 105 cm³/mol. The van der Waals surface area contributed by atoms with Crippen molar-refractivity contribution in [1.82, 2.24) is 19.7 Å². The third-order valence-electron chi connectivity index (χ3n) is 5.88. The summed E-state index contributed by atoms with van der Waals surface area (Å²) < 4.78 is 2.11. The number of rotatable bonds is 5. The molecule has 2 aromatic rings. The zero-order valence-corrected chi connectivity index (χ0v) is 15.9. The number of anilines is 2. The summed E-state index contributed by atoms with van der Waals surface area (Å²) in [5, 5.41) is 14.4. The highest BCUT2D eigenvalue weighted by atomic mass is 16.3. The van der Waals surface area contributed by atoms with Crippen LogP contribution in [0.1, 0.15) is 37.8 Å². The molecule has 2 atom stereocenters. The summed E-state index contributed by atoms with van der Waals surface area (Å²) in [6.45, 7) is 6.10. The average molecular weight is 371 g/mol. The van der Waals surface area contributed by atoms with E-state index in [9.17, 15) is 5.11 Å². The molecule has 0 aliphatic carbocycles. The van der Waals surface area contributed by atoms with Gasteiger partial charge in [-0.05, 0) is 32.3 Å². The van der Waals surface area contributed by atoms with Gasteiger partial charge in [-0.3, -0.25) is 4.68 Å². The zero-order chi connectivity index (χ0) is 18.8. The van der Waals surface area contributed by atoms with Gasteiger partial charge in [-0.15, -0.1) is 0 Å². The number of nitrogens with zero attached hydrogens (tertiary/aromatic N) is 6. The normalized spacial score (nSPS) is 24.0. The van der Waals surface area contributed by atoms with Gasteiger partial charge in [0.25, 0.3) is 0 Å². The van der Waals surface area contributed by atoms with Gasteiger partial charge in [-0.1, -0.05) is 0 Å². The summed E-state index contributed by atoms with van der Waals surface area (Å²) >= 11 is 0. The first-order valence-corrected chi connectivity index (χ1v) is 9.93. The van der Waals surface area contributed by atoms with Crippen LogP contribution in [0.15, 0.2) is 24.7 Å². The quantitative estimate of drug-likeness (QED) is 0.808. The van der Waals surface area contributed by atoms with Crippen molar-refractivity contribution in [3.8, 4) is 0 Å². The van der Waals surface area contributed by atoms with Gasteiger partial charge in [0, 0.05) is 62.6 Å². The van der Waals surface area contributed by atoms with Gasteiger partial charge < -0.3 is 20.6 Å². The van der Waals surface area contributed by atoms with Crippen LogP contribution in [0.4, 0.5) is 11.6 Å². The van der Waals surface area contributed by atoms with E-state index in [1.807, 2.05) is 12.3 Å². The van der Waals surface area contributed by atoms with Crippen molar-refractivity contribution in [3.05, 3.63) is 30.4 Å². The first-order chi connectivity index (χ1) is 13.2. The molecule has 0 bridgehead atoms. The van der Waals surface area contributed by atoms with Gasteiger partial charge in [0.05, 0.1) is 6.10 Å². The third-order valence-corrected chi connectivity index (χ3v) is 5.88. The zero-order valence-electron chi connectivity index (χ0n) is 15.9. The van der Waals surface area contributed by atoms with Crippen LogP contribution in [0, 0.1) is 0 Å². The van der Waals surface area contributed by atoms with Gasteiger partial charge in [0.1, 0.15) is 18.0 Å². The van der Waals surface area contributed by atoms with Crippen LogP contribution in [0.2, 0.25) is 0 Å². The Balaban J connectivity index is 1.44. The molecular weight excluding hydrogens is 342 g/mol. The van der Waals surface area contributed by atoms with Crippen molar-refractivity contribution in [3.63, 3.8) is 0 Å². The number of aryl methyl sites for hydroxylation is 1. The van der Waals surface area contributed by atoms with Crippen LogP contribution in [-0.4, -0.2) is 63.2 Å². The number of β-amino-alcohol motifs (C(OH)–C–C–N with tert-alkyl or cyclic N) is 1. The first-order valence-electron chi connectivity index (χ1n) is 9.93. The van der Waals surface area contributed by atoms with E-state index in [1.165, 1.54) is 5.69 Å². The highest BCUT2D eigenvalue weighted by Crippen LogP contribution is 2.31. The molecular formula is C19H29N7O. The fourth-order valence-corrected chi connectivity index (χ4v) is 4.42. The van der Waals surface area contributed by atoms with Crippen molar-refractivity contribution < 1.29 is 5.11 Å². The van der Waals surface area contributed by atoms with Gasteiger partial charge in [-0.25, -0.2) is 9.97 Å². The highest BCUT2D eigenvalue weighted by molar-refractivity contribution is 5.52. The summed E-state index contributed by atoms with van der Waals surface area (Å²) in [5.41, 5.74) is 7.22. The Bertz CT molecular complexity index is 756. The van der Waals surface area contributed by atoms with Crippen molar-refractivity contribution in [2.45, 2.75) is 50.8 Å². The van der Waals surface area contributed by atoms with Crippen molar-refractivity contribution >= 4 is 11.6 Å². The summed E-state index contributed by atoms with van der Waals surface area (Å²) in [4.78, 5) is 13.4. The van der Waals surface area contributed by atoms with Crippen LogP contribution >= 0.6 is 0 Å². The topological polar surface area (TPSA) is 96.3 Å². The molecule has 0 amide bonds. The first kappa shape index (κ1) is 18.2. The molecule has 27 heavy (non-hydrogen) atoms. The molecule has 2 aliphatic rings. The number of hydrogen-bond donors (Lipinski definition) is 2. The van der Waals surface area contributed by atoms with Gasteiger partial charge in [0.15, 0.2) is 0 Å². The van der Waals surface area contributed by atoms with E-state index in [4.69, 9.17) is 5.73 Å². The Labute approximate surface area is 160 Å². The van der Waals surface area contributed by atoms with Crippen LogP contribution in [-0.2, 0) is 6.54 Å². The van der Waals surface area contributed by atoms with Crippen molar-refractivity contribution in [2.75, 3.05) is 36.0 Å². The lowest BCUT2D eigenvalue weighted by Crippen LogP contribution is -2.37. The van der Waals surface area contributed by atoms with E-state index in [-0.39, 0.29) is 12.1 Å². The molecule has 3 N–H and O–H groups in total. The van der Waals surface area contributed by atoms with Crippen LogP contribution in [0.25, 0.3) is 0 Å². The molecule has 146 valence electrons. The maximum absolute atomic E-state index is 9.98. The van der Waals surface area contributed by atoms with Crippen molar-refractivity contribution in [2.24, 2.45) is 5.73 Å². The SMILES string of the molecule is CCn1nccc1C1CCN(c2cc(N3C[C@H](O)C[C@@H]3CN)ncn2)CC1. The summed E-state index contributed by atoms with van der Waals surface area (Å²) in [6.07, 6.45) is 6.09. The second kappa shape index (κ2) is 7.82. The van der Waals surface area contributed by atoms with E-state index in [2.05, 4.69) is 42.5 Å². The average Bonchev–Trinajstić information content (AvgIpc) is 3.34. The predicted octanol–water partition coefficient (Wildman–Crippen LogP) is 0.975. The highest BCUT2D eigenvalue weighted by Gasteiger charge is 2.31. The fourth-order valence-electron chi connectivity index (χ4n) is 4.42. The Hall–Kier alpha value is -2.19. The Morgan fingerprint density at radius 1 is 1.22 bits per heavy atom. The lowest BCUT2D eigenvalue weighted by atomic mass is 9.93. The van der Waals surface area contributed by atoms with E-state index < -0.39 is 0 Å².